The highest BCUT2D eigenvalue weighted by Gasteiger charge is 2.52. The lowest BCUT2D eigenvalue weighted by Gasteiger charge is -2.43. The number of ether oxygens (including phenoxy) is 6. The van der Waals surface area contributed by atoms with Gasteiger partial charge in [0.25, 0.3) is 0 Å². The smallest absolute Gasteiger partial charge is 0.305 e. The summed E-state index contributed by atoms with van der Waals surface area (Å²) in [6.07, 6.45) is -5.55. The minimum Gasteiger partial charge on any atom is -0.463 e. The predicted octanol–water partition coefficient (Wildman–Crippen LogP) is -0.284. The standard InChI is InChI=1S/C15H22O10/c1-7(16)21-6-11-12(22-8(2)17)13(20-5)14(23-9(3)18)15(25-11)24-10(4)19/h11-15H,6H2,1-5H3/t11?,12-,13?,14?,15-/m1/s1. The number of carbonyl (C=O) groups excluding carboxylic acids is 4. The molecule has 0 saturated carbocycles. The first-order chi connectivity index (χ1) is 11.6. The van der Waals surface area contributed by atoms with Crippen molar-refractivity contribution in [2.75, 3.05) is 13.7 Å². The van der Waals surface area contributed by atoms with E-state index in [0.29, 0.717) is 0 Å². The molecule has 0 radical (unpaired) electrons. The molecule has 0 spiro atoms. The molecule has 1 aliphatic rings. The number of esters is 4. The van der Waals surface area contributed by atoms with Crippen LogP contribution in [0.25, 0.3) is 0 Å². The molecular weight excluding hydrogens is 340 g/mol. The maximum absolute atomic E-state index is 11.4. The van der Waals surface area contributed by atoms with Gasteiger partial charge in [-0.25, -0.2) is 0 Å². The minimum absolute atomic E-state index is 0.280. The van der Waals surface area contributed by atoms with E-state index in [1.807, 2.05) is 0 Å². The van der Waals surface area contributed by atoms with Gasteiger partial charge in [0.1, 0.15) is 18.8 Å². The Hall–Kier alpha value is -2.20. The van der Waals surface area contributed by atoms with Crippen LogP contribution in [-0.4, -0.2) is 68.3 Å². The molecule has 1 heterocycles. The second-order valence-electron chi connectivity index (χ2n) is 5.30. The average molecular weight is 362 g/mol. The monoisotopic (exact) mass is 362 g/mol. The molecule has 1 fully saturated rings. The zero-order valence-electron chi connectivity index (χ0n) is 14.7. The van der Waals surface area contributed by atoms with Crippen LogP contribution >= 0.6 is 0 Å². The van der Waals surface area contributed by atoms with Crippen molar-refractivity contribution in [3.63, 3.8) is 0 Å². The molecular formula is C15H22O10. The molecule has 1 saturated heterocycles. The van der Waals surface area contributed by atoms with Gasteiger partial charge in [-0.2, -0.15) is 0 Å². The first kappa shape index (κ1) is 20.8. The Morgan fingerprint density at radius 1 is 0.760 bits per heavy atom. The van der Waals surface area contributed by atoms with Crippen LogP contribution in [0.15, 0.2) is 0 Å². The van der Waals surface area contributed by atoms with Crippen LogP contribution < -0.4 is 0 Å². The van der Waals surface area contributed by atoms with Gasteiger partial charge in [0.05, 0.1) is 0 Å². The third-order valence-corrected chi connectivity index (χ3v) is 3.20. The lowest BCUT2D eigenvalue weighted by molar-refractivity contribution is -0.301. The molecule has 1 rings (SSSR count). The molecule has 1 aliphatic heterocycles. The van der Waals surface area contributed by atoms with E-state index in [1.54, 1.807) is 0 Å². The van der Waals surface area contributed by atoms with Gasteiger partial charge in [-0.3, -0.25) is 19.2 Å². The van der Waals surface area contributed by atoms with E-state index >= 15 is 0 Å². The Labute approximate surface area is 144 Å². The van der Waals surface area contributed by atoms with E-state index in [1.165, 1.54) is 21.0 Å². The average Bonchev–Trinajstić information content (AvgIpc) is 2.46. The van der Waals surface area contributed by atoms with Crippen molar-refractivity contribution in [3.8, 4) is 0 Å². The summed E-state index contributed by atoms with van der Waals surface area (Å²) in [7, 11) is 1.30. The number of methoxy groups -OCH3 is 1. The first-order valence-corrected chi connectivity index (χ1v) is 7.49. The number of hydrogen-bond donors (Lipinski definition) is 0. The number of carbonyl (C=O) groups is 4. The van der Waals surface area contributed by atoms with Gasteiger partial charge in [0, 0.05) is 34.8 Å². The SMILES string of the molecule is COC1C(OC(C)=O)[C@H](OC(C)=O)OC(COC(C)=O)[C@H]1OC(C)=O. The van der Waals surface area contributed by atoms with Crippen LogP contribution in [-0.2, 0) is 47.6 Å². The van der Waals surface area contributed by atoms with Gasteiger partial charge in [-0.05, 0) is 0 Å². The third-order valence-electron chi connectivity index (χ3n) is 3.20. The van der Waals surface area contributed by atoms with Crippen LogP contribution in [0.5, 0.6) is 0 Å². The fraction of sp³-hybridized carbons (Fsp3) is 0.733. The van der Waals surface area contributed by atoms with Crippen LogP contribution in [0, 0.1) is 0 Å². The lowest BCUT2D eigenvalue weighted by Crippen LogP contribution is -2.62. The second kappa shape index (κ2) is 9.33. The Morgan fingerprint density at radius 3 is 1.72 bits per heavy atom. The molecule has 0 N–H and O–H groups in total. The van der Waals surface area contributed by atoms with Crippen LogP contribution in [0.4, 0.5) is 0 Å². The number of rotatable bonds is 6. The summed E-state index contributed by atoms with van der Waals surface area (Å²) in [5.41, 5.74) is 0. The maximum Gasteiger partial charge on any atom is 0.305 e. The van der Waals surface area contributed by atoms with E-state index < -0.39 is 54.6 Å². The van der Waals surface area contributed by atoms with Crippen LogP contribution in [0.2, 0.25) is 0 Å². The highest BCUT2D eigenvalue weighted by Crippen LogP contribution is 2.29. The molecule has 10 nitrogen and oxygen atoms in total. The fourth-order valence-corrected chi connectivity index (χ4v) is 2.39. The molecule has 0 amide bonds. The van der Waals surface area contributed by atoms with E-state index in [9.17, 15) is 19.2 Å². The van der Waals surface area contributed by atoms with Crippen molar-refractivity contribution in [2.24, 2.45) is 0 Å². The summed E-state index contributed by atoms with van der Waals surface area (Å²) in [5, 5.41) is 0. The van der Waals surface area contributed by atoms with Crippen molar-refractivity contribution in [2.45, 2.75) is 58.4 Å². The summed E-state index contributed by atoms with van der Waals surface area (Å²) >= 11 is 0. The van der Waals surface area contributed by atoms with Gasteiger partial charge in [-0.1, -0.05) is 0 Å². The fourth-order valence-electron chi connectivity index (χ4n) is 2.39. The molecule has 142 valence electrons. The lowest BCUT2D eigenvalue weighted by atomic mass is 9.98. The van der Waals surface area contributed by atoms with Crippen LogP contribution in [0.3, 0.4) is 0 Å². The van der Waals surface area contributed by atoms with Gasteiger partial charge in [0.15, 0.2) is 12.2 Å². The Bertz CT molecular complexity index is 516. The van der Waals surface area contributed by atoms with E-state index in [0.717, 1.165) is 13.8 Å². The second-order valence-corrected chi connectivity index (χ2v) is 5.30. The largest absolute Gasteiger partial charge is 0.463 e. The zero-order valence-corrected chi connectivity index (χ0v) is 14.7. The van der Waals surface area contributed by atoms with E-state index in [4.69, 9.17) is 28.4 Å². The van der Waals surface area contributed by atoms with Gasteiger partial charge >= 0.3 is 23.9 Å². The van der Waals surface area contributed by atoms with Crippen molar-refractivity contribution < 1.29 is 47.6 Å². The topological polar surface area (TPSA) is 124 Å². The predicted molar refractivity (Wildman–Crippen MR) is 79.0 cm³/mol. The highest BCUT2D eigenvalue weighted by atomic mass is 16.7. The van der Waals surface area contributed by atoms with Crippen molar-refractivity contribution in [1.82, 2.24) is 0 Å². The van der Waals surface area contributed by atoms with Gasteiger partial charge in [-0.15, -0.1) is 0 Å². The van der Waals surface area contributed by atoms with E-state index in [2.05, 4.69) is 0 Å². The van der Waals surface area contributed by atoms with Crippen molar-refractivity contribution in [1.29, 1.82) is 0 Å². The van der Waals surface area contributed by atoms with Gasteiger partial charge < -0.3 is 28.4 Å². The molecule has 25 heavy (non-hydrogen) atoms. The summed E-state index contributed by atoms with van der Waals surface area (Å²) in [4.78, 5) is 45.2. The molecule has 3 unspecified atom stereocenters. The molecule has 0 bridgehead atoms. The summed E-state index contributed by atoms with van der Waals surface area (Å²) in [5.74, 6) is -2.58. The quantitative estimate of drug-likeness (QED) is 0.460. The minimum atomic E-state index is -1.32. The summed E-state index contributed by atoms with van der Waals surface area (Å²) < 4.78 is 31.1. The molecule has 0 aromatic heterocycles. The normalized spacial score (nSPS) is 28.6. The molecule has 0 aliphatic carbocycles. The zero-order chi connectivity index (χ0) is 19.1. The maximum atomic E-state index is 11.4. The number of hydrogen-bond acceptors (Lipinski definition) is 10. The third kappa shape index (κ3) is 6.31. The van der Waals surface area contributed by atoms with Gasteiger partial charge in [0.2, 0.25) is 6.29 Å². The van der Waals surface area contributed by atoms with Crippen molar-refractivity contribution in [3.05, 3.63) is 0 Å². The summed E-state index contributed by atoms with van der Waals surface area (Å²) in [6.45, 7) is 4.40. The Morgan fingerprint density at radius 2 is 1.28 bits per heavy atom. The Kier molecular flexibility index (Phi) is 7.78. The first-order valence-electron chi connectivity index (χ1n) is 7.49. The Balaban J connectivity index is 3.14. The van der Waals surface area contributed by atoms with Crippen molar-refractivity contribution >= 4 is 23.9 Å². The highest BCUT2D eigenvalue weighted by molar-refractivity contribution is 5.68. The molecule has 5 atom stereocenters. The van der Waals surface area contributed by atoms with Crippen LogP contribution in [0.1, 0.15) is 27.7 Å². The molecule has 0 aromatic carbocycles. The molecule has 0 aromatic rings. The van der Waals surface area contributed by atoms with E-state index in [-0.39, 0.29) is 6.61 Å². The summed E-state index contributed by atoms with van der Waals surface area (Å²) in [6, 6.07) is 0. The molecule has 10 heteroatoms.